The van der Waals surface area contributed by atoms with Gasteiger partial charge < -0.3 is 21.1 Å². The molecule has 30 heavy (non-hydrogen) atoms. The van der Waals surface area contributed by atoms with Crippen molar-refractivity contribution >= 4 is 17.8 Å². The molecule has 1 aliphatic heterocycles. The third-order valence-electron chi connectivity index (χ3n) is 5.85. The number of likely N-dealkylation sites (tertiary alicyclic amines) is 1. The number of nitrogens with two attached hydrogens (primary N) is 1. The third kappa shape index (κ3) is 6.80. The summed E-state index contributed by atoms with van der Waals surface area (Å²) in [6.45, 7) is 11.8. The van der Waals surface area contributed by atoms with Gasteiger partial charge in [-0.2, -0.15) is 0 Å². The Balaban J connectivity index is 3.12. The molecule has 1 unspecified atom stereocenters. The average Bonchev–Trinajstić information content (AvgIpc) is 2.63. The minimum absolute atomic E-state index is 0.00652. The van der Waals surface area contributed by atoms with Crippen molar-refractivity contribution in [3.8, 4) is 0 Å². The summed E-state index contributed by atoms with van der Waals surface area (Å²) in [5.41, 5.74) is 5.72. The first-order valence-electron chi connectivity index (χ1n) is 10.6. The number of carboxylic acids is 1. The molecule has 172 valence electrons. The van der Waals surface area contributed by atoms with Gasteiger partial charge in [-0.05, 0) is 38.1 Å². The van der Waals surface area contributed by atoms with Gasteiger partial charge in [0.25, 0.3) is 0 Å². The van der Waals surface area contributed by atoms with E-state index in [2.05, 4.69) is 5.32 Å². The lowest BCUT2D eigenvalue weighted by Crippen LogP contribution is -2.60. The normalized spacial score (nSPS) is 23.1. The molecule has 0 radical (unpaired) electrons. The zero-order chi connectivity index (χ0) is 23.4. The van der Waals surface area contributed by atoms with Gasteiger partial charge in [0.2, 0.25) is 11.8 Å². The van der Waals surface area contributed by atoms with Crippen LogP contribution < -0.4 is 11.1 Å². The van der Waals surface area contributed by atoms with E-state index in [1.807, 2.05) is 46.6 Å². The van der Waals surface area contributed by atoms with Crippen LogP contribution in [-0.2, 0) is 14.4 Å². The molecule has 0 aliphatic carbocycles. The maximum absolute atomic E-state index is 13.4. The molecule has 1 fully saturated rings. The van der Waals surface area contributed by atoms with Crippen molar-refractivity contribution in [2.24, 2.45) is 17.1 Å². The Bertz CT molecular complexity index is 669. The summed E-state index contributed by atoms with van der Waals surface area (Å²) in [4.78, 5) is 41.3. The molecule has 0 aromatic rings. The van der Waals surface area contributed by atoms with Crippen LogP contribution in [0.2, 0.25) is 0 Å². The topological polar surface area (TPSA) is 116 Å². The highest BCUT2D eigenvalue weighted by Gasteiger charge is 2.39. The van der Waals surface area contributed by atoms with Gasteiger partial charge in [-0.25, -0.2) is 4.79 Å². The molecule has 1 saturated heterocycles. The van der Waals surface area contributed by atoms with E-state index in [1.54, 1.807) is 18.0 Å². The van der Waals surface area contributed by atoms with Crippen molar-refractivity contribution in [3.05, 3.63) is 11.6 Å². The Morgan fingerprint density at radius 2 is 1.83 bits per heavy atom. The lowest BCUT2D eigenvalue weighted by atomic mass is 9.84. The zero-order valence-corrected chi connectivity index (χ0v) is 19.7. The number of nitrogens with one attached hydrogen (secondary N) is 1. The smallest absolute Gasteiger partial charge is 0.331 e. The number of carbonyl (C=O) groups is 3. The first-order chi connectivity index (χ1) is 13.7. The number of aliphatic carboxylic acids is 1. The van der Waals surface area contributed by atoms with Crippen LogP contribution in [0.4, 0.5) is 0 Å². The number of carbonyl (C=O) groups excluding carboxylic acids is 2. The first-order valence-corrected chi connectivity index (χ1v) is 10.6. The summed E-state index contributed by atoms with van der Waals surface area (Å²) in [5.74, 6) is -1.45. The Morgan fingerprint density at radius 1 is 1.27 bits per heavy atom. The number of hydrogen-bond donors (Lipinski definition) is 3. The van der Waals surface area contributed by atoms with E-state index in [0.29, 0.717) is 6.42 Å². The van der Waals surface area contributed by atoms with E-state index < -0.39 is 23.5 Å². The zero-order valence-electron chi connectivity index (χ0n) is 19.7. The van der Waals surface area contributed by atoms with Crippen molar-refractivity contribution in [1.29, 1.82) is 0 Å². The highest BCUT2D eigenvalue weighted by molar-refractivity contribution is 5.91. The molecule has 0 aromatic carbocycles. The minimum Gasteiger partial charge on any atom is -0.478 e. The lowest BCUT2D eigenvalue weighted by molar-refractivity contribution is -0.141. The van der Waals surface area contributed by atoms with Gasteiger partial charge >= 0.3 is 5.97 Å². The van der Waals surface area contributed by atoms with Gasteiger partial charge in [0.15, 0.2) is 0 Å². The lowest BCUT2D eigenvalue weighted by Gasteiger charge is -2.40. The molecule has 1 heterocycles. The third-order valence-corrected chi connectivity index (χ3v) is 5.85. The molecule has 4 atom stereocenters. The van der Waals surface area contributed by atoms with Crippen LogP contribution in [0.25, 0.3) is 0 Å². The predicted octanol–water partition coefficient (Wildman–Crippen LogP) is 1.45. The second kappa shape index (κ2) is 10.4. The molecule has 8 heteroatoms. The number of rotatable bonds is 7. The fourth-order valence-corrected chi connectivity index (χ4v) is 3.73. The molecular weight excluding hydrogens is 384 g/mol. The standard InChI is InChI=1S/C22H40N4O4/c1-13(2)16(11-14(3)21(29)30)26(8)20(28)18(22(4,5)6)24-19(27)17-12-15(23)9-10-25(17)7/h11,13,15-18H,9-10,12,23H2,1-8H3,(H,24,27)(H,29,30)/b14-11+/t15-,16-,17-,18?/m1/s1. The molecule has 1 aliphatic rings. The van der Waals surface area contributed by atoms with E-state index in [0.717, 1.165) is 13.0 Å². The Hall–Kier alpha value is -1.93. The summed E-state index contributed by atoms with van der Waals surface area (Å²) in [7, 11) is 3.55. The van der Waals surface area contributed by atoms with Gasteiger partial charge in [-0.3, -0.25) is 14.5 Å². The van der Waals surface area contributed by atoms with Crippen molar-refractivity contribution < 1.29 is 19.5 Å². The number of amides is 2. The van der Waals surface area contributed by atoms with Gasteiger partial charge in [-0.1, -0.05) is 40.7 Å². The molecule has 0 spiro atoms. The second-order valence-corrected chi connectivity index (χ2v) is 9.93. The molecule has 8 nitrogen and oxygen atoms in total. The van der Waals surface area contributed by atoms with Crippen LogP contribution in [0.1, 0.15) is 54.4 Å². The highest BCUT2D eigenvalue weighted by Crippen LogP contribution is 2.25. The van der Waals surface area contributed by atoms with Crippen LogP contribution >= 0.6 is 0 Å². The van der Waals surface area contributed by atoms with E-state index >= 15 is 0 Å². The van der Waals surface area contributed by atoms with Gasteiger partial charge in [0, 0.05) is 25.2 Å². The van der Waals surface area contributed by atoms with Crippen LogP contribution in [0, 0.1) is 11.3 Å². The summed E-state index contributed by atoms with van der Waals surface area (Å²) in [5, 5.41) is 12.2. The van der Waals surface area contributed by atoms with Gasteiger partial charge in [-0.15, -0.1) is 0 Å². The molecule has 4 N–H and O–H groups in total. The van der Waals surface area contributed by atoms with Gasteiger partial charge in [0.05, 0.1) is 12.1 Å². The van der Waals surface area contributed by atoms with Crippen molar-refractivity contribution in [3.63, 3.8) is 0 Å². The van der Waals surface area contributed by atoms with Crippen molar-refractivity contribution in [2.75, 3.05) is 20.6 Å². The van der Waals surface area contributed by atoms with E-state index in [-0.39, 0.29) is 35.4 Å². The predicted molar refractivity (Wildman–Crippen MR) is 118 cm³/mol. The number of likely N-dealkylation sites (N-methyl/N-ethyl adjacent to an activating group) is 2. The fourth-order valence-electron chi connectivity index (χ4n) is 3.73. The summed E-state index contributed by atoms with van der Waals surface area (Å²) < 4.78 is 0. The van der Waals surface area contributed by atoms with Crippen molar-refractivity contribution in [2.45, 2.75) is 78.6 Å². The van der Waals surface area contributed by atoms with Crippen LogP contribution in [0.5, 0.6) is 0 Å². The SMILES string of the molecule is C/C(=C\[C@H](C(C)C)N(C)C(=O)C(NC(=O)[C@H]1C[C@H](N)CCN1C)C(C)(C)C)C(=O)O. The largest absolute Gasteiger partial charge is 0.478 e. The monoisotopic (exact) mass is 424 g/mol. The second-order valence-electron chi connectivity index (χ2n) is 9.93. The number of nitrogens with zero attached hydrogens (tertiary/aromatic N) is 2. The fraction of sp³-hybridized carbons (Fsp3) is 0.773. The van der Waals surface area contributed by atoms with E-state index in [1.165, 1.54) is 6.92 Å². The van der Waals surface area contributed by atoms with Crippen molar-refractivity contribution in [1.82, 2.24) is 15.1 Å². The van der Waals surface area contributed by atoms with Gasteiger partial charge in [0.1, 0.15) is 6.04 Å². The summed E-state index contributed by atoms with van der Waals surface area (Å²) in [6, 6.07) is -1.55. The molecule has 2 amide bonds. The highest BCUT2D eigenvalue weighted by atomic mass is 16.4. The quantitative estimate of drug-likeness (QED) is 0.533. The number of hydrogen-bond acceptors (Lipinski definition) is 5. The summed E-state index contributed by atoms with van der Waals surface area (Å²) in [6.07, 6.45) is 2.99. The summed E-state index contributed by atoms with van der Waals surface area (Å²) >= 11 is 0. The molecule has 0 saturated carbocycles. The Morgan fingerprint density at radius 3 is 2.30 bits per heavy atom. The Kier molecular flexibility index (Phi) is 9.05. The maximum Gasteiger partial charge on any atom is 0.331 e. The maximum atomic E-state index is 13.4. The molecule has 0 aromatic heterocycles. The van der Waals surface area contributed by atoms with Crippen LogP contribution in [0.15, 0.2) is 11.6 Å². The average molecular weight is 425 g/mol. The van der Waals surface area contributed by atoms with Crippen LogP contribution in [0.3, 0.4) is 0 Å². The number of piperidine rings is 1. The van der Waals surface area contributed by atoms with E-state index in [4.69, 9.17) is 5.73 Å². The molecule has 1 rings (SSSR count). The Labute approximate surface area is 180 Å². The minimum atomic E-state index is -1.01. The van der Waals surface area contributed by atoms with E-state index in [9.17, 15) is 19.5 Å². The molecule has 0 bridgehead atoms. The first kappa shape index (κ1) is 26.1. The molecular formula is C22H40N4O4. The van der Waals surface area contributed by atoms with Crippen LogP contribution in [-0.4, -0.2) is 77.5 Å². The number of carboxylic acid groups (broad SMARTS) is 1.